The first kappa shape index (κ1) is 13.7. The molecular weight excluding hydrogens is 314 g/mol. The summed E-state index contributed by atoms with van der Waals surface area (Å²) in [7, 11) is 1.80. The maximum absolute atomic E-state index is 6.29. The minimum Gasteiger partial charge on any atom is -0.371 e. The molecule has 7 nitrogen and oxygen atoms in total. The molecule has 0 aliphatic carbocycles. The Morgan fingerprint density at radius 1 is 1.17 bits per heavy atom. The van der Waals surface area contributed by atoms with Crippen molar-refractivity contribution in [2.75, 3.05) is 17.7 Å². The smallest absolute Gasteiger partial charge is 0.231 e. The fourth-order valence-corrected chi connectivity index (χ4v) is 2.69. The van der Waals surface area contributed by atoms with Gasteiger partial charge in [0.1, 0.15) is 5.52 Å². The molecule has 3 heterocycles. The van der Waals surface area contributed by atoms with Crippen LogP contribution in [0.3, 0.4) is 0 Å². The number of rotatable bonds is 3. The number of halogens is 1. The summed E-state index contributed by atoms with van der Waals surface area (Å²) >= 11 is 6.29. The standard InChI is InChI=1S/C15H12ClN7/c1-17-13-12-14(20-7-19-12)23-15(22-13)21-9-5-8-3-2-4-18-11(8)10(16)6-9/h2-7H,1H3,(H3,17,19,20,21,22,23). The van der Waals surface area contributed by atoms with Crippen LogP contribution in [0.5, 0.6) is 0 Å². The van der Waals surface area contributed by atoms with Gasteiger partial charge in [-0.25, -0.2) is 4.98 Å². The molecule has 0 atom stereocenters. The van der Waals surface area contributed by atoms with Crippen molar-refractivity contribution in [3.8, 4) is 0 Å². The van der Waals surface area contributed by atoms with Crippen molar-refractivity contribution in [1.82, 2.24) is 24.9 Å². The molecule has 0 saturated heterocycles. The topological polar surface area (TPSA) is 91.4 Å². The lowest BCUT2D eigenvalue weighted by atomic mass is 10.2. The Morgan fingerprint density at radius 2 is 2.09 bits per heavy atom. The molecule has 3 N–H and O–H groups in total. The van der Waals surface area contributed by atoms with Crippen molar-refractivity contribution in [2.45, 2.75) is 0 Å². The summed E-state index contributed by atoms with van der Waals surface area (Å²) in [5, 5.41) is 7.70. The second kappa shape index (κ2) is 5.36. The van der Waals surface area contributed by atoms with Crippen molar-refractivity contribution >= 4 is 51.1 Å². The van der Waals surface area contributed by atoms with E-state index < -0.39 is 0 Å². The highest BCUT2D eigenvalue weighted by atomic mass is 35.5. The fraction of sp³-hybridized carbons (Fsp3) is 0.0667. The summed E-state index contributed by atoms with van der Waals surface area (Å²) < 4.78 is 0. The van der Waals surface area contributed by atoms with Gasteiger partial charge in [-0.2, -0.15) is 9.97 Å². The highest BCUT2D eigenvalue weighted by molar-refractivity contribution is 6.35. The third kappa shape index (κ3) is 2.40. The molecule has 1 aromatic carbocycles. The van der Waals surface area contributed by atoms with Crippen LogP contribution in [0.15, 0.2) is 36.8 Å². The number of H-pyrrole nitrogens is 1. The molecule has 3 aromatic heterocycles. The van der Waals surface area contributed by atoms with Crippen LogP contribution in [0.4, 0.5) is 17.5 Å². The van der Waals surface area contributed by atoms with Crippen LogP contribution >= 0.6 is 11.6 Å². The Labute approximate surface area is 136 Å². The van der Waals surface area contributed by atoms with Gasteiger partial charge in [0, 0.05) is 24.3 Å². The van der Waals surface area contributed by atoms with Gasteiger partial charge in [0.15, 0.2) is 11.5 Å². The highest BCUT2D eigenvalue weighted by Crippen LogP contribution is 2.28. The summed E-state index contributed by atoms with van der Waals surface area (Å²) in [5.41, 5.74) is 2.89. The van der Waals surface area contributed by atoms with E-state index in [9.17, 15) is 0 Å². The average molecular weight is 326 g/mol. The van der Waals surface area contributed by atoms with Crippen molar-refractivity contribution in [3.63, 3.8) is 0 Å². The van der Waals surface area contributed by atoms with Gasteiger partial charge in [-0.05, 0) is 18.2 Å². The number of fused-ring (bicyclic) bond motifs is 2. The van der Waals surface area contributed by atoms with E-state index in [0.29, 0.717) is 22.4 Å². The number of anilines is 3. The molecule has 0 amide bonds. The van der Waals surface area contributed by atoms with Crippen LogP contribution in [0.1, 0.15) is 0 Å². The Kier molecular flexibility index (Phi) is 3.20. The number of aromatic nitrogens is 5. The molecule has 0 aliphatic rings. The maximum Gasteiger partial charge on any atom is 0.231 e. The van der Waals surface area contributed by atoms with Gasteiger partial charge >= 0.3 is 0 Å². The minimum absolute atomic E-state index is 0.438. The van der Waals surface area contributed by atoms with Gasteiger partial charge in [-0.1, -0.05) is 17.7 Å². The molecule has 0 unspecified atom stereocenters. The third-order valence-corrected chi connectivity index (χ3v) is 3.73. The number of hydrogen-bond acceptors (Lipinski definition) is 6. The number of pyridine rings is 1. The zero-order valence-electron chi connectivity index (χ0n) is 12.1. The number of benzene rings is 1. The van der Waals surface area contributed by atoms with E-state index in [2.05, 4.69) is 35.6 Å². The number of hydrogen-bond donors (Lipinski definition) is 3. The van der Waals surface area contributed by atoms with E-state index in [1.165, 1.54) is 0 Å². The van der Waals surface area contributed by atoms with Crippen molar-refractivity contribution < 1.29 is 0 Å². The molecule has 4 rings (SSSR count). The molecular formula is C15H12ClN7. The molecule has 0 bridgehead atoms. The largest absolute Gasteiger partial charge is 0.371 e. The molecule has 23 heavy (non-hydrogen) atoms. The number of aromatic amines is 1. The van der Waals surface area contributed by atoms with Crippen molar-refractivity contribution in [1.29, 1.82) is 0 Å². The Hall–Kier alpha value is -2.93. The molecule has 0 fully saturated rings. The molecule has 0 aliphatic heterocycles. The predicted octanol–water partition coefficient (Wildman–Crippen LogP) is 3.34. The van der Waals surface area contributed by atoms with Crippen LogP contribution in [0.2, 0.25) is 5.02 Å². The van der Waals surface area contributed by atoms with Crippen LogP contribution in [0.25, 0.3) is 22.1 Å². The number of imidazole rings is 1. The molecule has 0 radical (unpaired) electrons. The van der Waals surface area contributed by atoms with Crippen molar-refractivity contribution in [2.24, 2.45) is 0 Å². The lowest BCUT2D eigenvalue weighted by Gasteiger charge is -2.09. The van der Waals surface area contributed by atoms with Gasteiger partial charge in [0.05, 0.1) is 16.9 Å². The average Bonchev–Trinajstić information content (AvgIpc) is 3.02. The summed E-state index contributed by atoms with van der Waals surface area (Å²) in [6, 6.07) is 7.57. The summed E-state index contributed by atoms with van der Waals surface area (Å²) in [5.74, 6) is 1.11. The molecule has 0 saturated carbocycles. The predicted molar refractivity (Wildman–Crippen MR) is 91.3 cm³/mol. The molecule has 8 heteroatoms. The molecule has 114 valence electrons. The lowest BCUT2D eigenvalue weighted by molar-refractivity contribution is 1.19. The SMILES string of the molecule is CNc1nc(Nc2cc(Cl)c3ncccc3c2)nc2nc[nH]c12. The Bertz CT molecular complexity index is 1010. The Morgan fingerprint density at radius 3 is 2.96 bits per heavy atom. The van der Waals surface area contributed by atoms with Crippen molar-refractivity contribution in [3.05, 3.63) is 41.8 Å². The maximum atomic E-state index is 6.29. The normalized spacial score (nSPS) is 11.0. The molecule has 0 spiro atoms. The minimum atomic E-state index is 0.438. The van der Waals surface area contributed by atoms with Crippen LogP contribution in [0, 0.1) is 0 Å². The highest BCUT2D eigenvalue weighted by Gasteiger charge is 2.10. The van der Waals surface area contributed by atoms with Gasteiger partial charge < -0.3 is 15.6 Å². The van der Waals surface area contributed by atoms with E-state index in [1.807, 2.05) is 18.2 Å². The van der Waals surface area contributed by atoms with E-state index in [1.54, 1.807) is 25.6 Å². The van der Waals surface area contributed by atoms with E-state index in [0.717, 1.165) is 22.1 Å². The first-order chi connectivity index (χ1) is 11.2. The quantitative estimate of drug-likeness (QED) is 0.535. The summed E-state index contributed by atoms with van der Waals surface area (Å²) in [4.78, 5) is 20.3. The first-order valence-electron chi connectivity index (χ1n) is 6.95. The van der Waals surface area contributed by atoms with Crippen LogP contribution in [-0.2, 0) is 0 Å². The van der Waals surface area contributed by atoms with Gasteiger partial charge in [-0.15, -0.1) is 0 Å². The van der Waals surface area contributed by atoms with Crippen LogP contribution < -0.4 is 10.6 Å². The third-order valence-electron chi connectivity index (χ3n) is 3.44. The van der Waals surface area contributed by atoms with Gasteiger partial charge in [0.25, 0.3) is 0 Å². The second-order valence-corrected chi connectivity index (χ2v) is 5.31. The van der Waals surface area contributed by atoms with Gasteiger partial charge in [-0.3, -0.25) is 4.98 Å². The number of nitrogens with zero attached hydrogens (tertiary/aromatic N) is 4. The lowest BCUT2D eigenvalue weighted by Crippen LogP contribution is -2.02. The van der Waals surface area contributed by atoms with Crippen LogP contribution in [-0.4, -0.2) is 32.0 Å². The summed E-state index contributed by atoms with van der Waals surface area (Å²) in [6.45, 7) is 0. The van der Waals surface area contributed by atoms with Gasteiger partial charge in [0.2, 0.25) is 5.95 Å². The zero-order valence-corrected chi connectivity index (χ0v) is 12.9. The zero-order chi connectivity index (χ0) is 15.8. The Balaban J connectivity index is 1.78. The fourth-order valence-electron chi connectivity index (χ4n) is 2.42. The van der Waals surface area contributed by atoms with E-state index in [4.69, 9.17) is 11.6 Å². The second-order valence-electron chi connectivity index (χ2n) is 4.91. The van der Waals surface area contributed by atoms with E-state index in [-0.39, 0.29) is 0 Å². The summed E-state index contributed by atoms with van der Waals surface area (Å²) in [6.07, 6.45) is 3.30. The van der Waals surface area contributed by atoms with E-state index >= 15 is 0 Å². The first-order valence-corrected chi connectivity index (χ1v) is 7.32. The number of nitrogens with one attached hydrogen (secondary N) is 3. The molecule has 4 aromatic rings. The monoisotopic (exact) mass is 325 g/mol.